The van der Waals surface area contributed by atoms with Crippen LogP contribution in [0.3, 0.4) is 0 Å². The van der Waals surface area contributed by atoms with Crippen LogP contribution in [0.1, 0.15) is 13.8 Å². The lowest BCUT2D eigenvalue weighted by molar-refractivity contribution is 0.589. The maximum absolute atomic E-state index is 14.2. The van der Waals surface area contributed by atoms with E-state index < -0.39 is 11.6 Å². The van der Waals surface area contributed by atoms with Crippen LogP contribution < -0.4 is 10.9 Å². The number of aromatic amines is 2. The average Bonchev–Trinajstić information content (AvgIpc) is 3.04. The molecule has 0 fully saturated rings. The third-order valence-corrected chi connectivity index (χ3v) is 4.38. The topological polar surface area (TPSA) is 73.6 Å². The van der Waals surface area contributed by atoms with Crippen LogP contribution in [-0.4, -0.2) is 21.0 Å². The van der Waals surface area contributed by atoms with Gasteiger partial charge in [0.25, 0.3) is 5.56 Å². The second kappa shape index (κ2) is 6.92. The van der Waals surface area contributed by atoms with Gasteiger partial charge < -0.3 is 10.3 Å². The van der Waals surface area contributed by atoms with Crippen LogP contribution in [0.5, 0.6) is 0 Å². The summed E-state index contributed by atoms with van der Waals surface area (Å²) in [5.74, 6) is -0.897. The SMILES string of the molecule is CC(C)Nc1nc(-c2c[nH]c3ccc(-c4c(F)cccc4F)cc23)cc(=O)[nH]1. The third kappa shape index (κ3) is 3.26. The van der Waals surface area contributed by atoms with E-state index >= 15 is 0 Å². The molecule has 5 nitrogen and oxygen atoms in total. The van der Waals surface area contributed by atoms with Crippen molar-refractivity contribution in [2.24, 2.45) is 0 Å². The fourth-order valence-corrected chi connectivity index (χ4v) is 3.20. The van der Waals surface area contributed by atoms with Crippen molar-refractivity contribution in [3.05, 3.63) is 70.6 Å². The molecule has 4 rings (SSSR count). The molecule has 0 amide bonds. The minimum atomic E-state index is -0.630. The van der Waals surface area contributed by atoms with Crippen LogP contribution in [0.15, 0.2) is 53.5 Å². The van der Waals surface area contributed by atoms with E-state index in [1.165, 1.54) is 24.3 Å². The zero-order valence-corrected chi connectivity index (χ0v) is 15.3. The zero-order chi connectivity index (χ0) is 19.8. The minimum absolute atomic E-state index is 0.0856. The first-order valence-electron chi connectivity index (χ1n) is 8.86. The van der Waals surface area contributed by atoms with Gasteiger partial charge in [0.05, 0.1) is 11.3 Å². The molecule has 28 heavy (non-hydrogen) atoms. The van der Waals surface area contributed by atoms with E-state index in [4.69, 9.17) is 0 Å². The molecule has 0 saturated heterocycles. The monoisotopic (exact) mass is 380 g/mol. The van der Waals surface area contributed by atoms with Gasteiger partial charge in [0.15, 0.2) is 0 Å². The molecule has 0 atom stereocenters. The summed E-state index contributed by atoms with van der Waals surface area (Å²) in [6, 6.07) is 10.4. The summed E-state index contributed by atoms with van der Waals surface area (Å²) in [4.78, 5) is 22.3. The van der Waals surface area contributed by atoms with Crippen molar-refractivity contribution in [2.75, 3.05) is 5.32 Å². The number of benzene rings is 2. The fraction of sp³-hybridized carbons (Fsp3) is 0.143. The van der Waals surface area contributed by atoms with Crippen molar-refractivity contribution in [1.82, 2.24) is 15.0 Å². The summed E-state index contributed by atoms with van der Waals surface area (Å²) in [6.07, 6.45) is 1.73. The maximum atomic E-state index is 14.2. The van der Waals surface area contributed by atoms with E-state index in [1.807, 2.05) is 13.8 Å². The predicted octanol–water partition coefficient (Wildman–Crippen LogP) is 4.68. The second-order valence-electron chi connectivity index (χ2n) is 6.84. The molecule has 0 aliphatic heterocycles. The van der Waals surface area contributed by atoms with Gasteiger partial charge in [0, 0.05) is 34.8 Å². The van der Waals surface area contributed by atoms with Crippen molar-refractivity contribution in [3.63, 3.8) is 0 Å². The van der Waals surface area contributed by atoms with E-state index in [2.05, 4.69) is 20.3 Å². The largest absolute Gasteiger partial charge is 0.360 e. The number of fused-ring (bicyclic) bond motifs is 1. The molecular formula is C21H18F2N4O. The Morgan fingerprint density at radius 1 is 1.07 bits per heavy atom. The number of rotatable bonds is 4. The first-order chi connectivity index (χ1) is 13.4. The van der Waals surface area contributed by atoms with Gasteiger partial charge in [-0.1, -0.05) is 12.1 Å². The Hall–Kier alpha value is -3.48. The molecule has 142 valence electrons. The van der Waals surface area contributed by atoms with Gasteiger partial charge in [-0.05, 0) is 43.7 Å². The molecule has 2 heterocycles. The Bertz CT molecular complexity index is 1210. The maximum Gasteiger partial charge on any atom is 0.252 e. The molecule has 0 spiro atoms. The first kappa shape index (κ1) is 17.9. The molecular weight excluding hydrogens is 362 g/mol. The molecule has 0 aliphatic rings. The summed E-state index contributed by atoms with van der Waals surface area (Å²) in [5, 5.41) is 3.79. The smallest absolute Gasteiger partial charge is 0.252 e. The molecule has 0 saturated carbocycles. The number of nitrogens with one attached hydrogen (secondary N) is 3. The van der Waals surface area contributed by atoms with Crippen molar-refractivity contribution in [2.45, 2.75) is 19.9 Å². The number of nitrogens with zero attached hydrogens (tertiary/aromatic N) is 1. The molecule has 0 radical (unpaired) electrons. The average molecular weight is 380 g/mol. The molecule has 4 aromatic rings. The van der Waals surface area contributed by atoms with Crippen LogP contribution in [0.25, 0.3) is 33.3 Å². The van der Waals surface area contributed by atoms with Crippen LogP contribution >= 0.6 is 0 Å². The highest BCUT2D eigenvalue weighted by Gasteiger charge is 2.15. The van der Waals surface area contributed by atoms with Crippen molar-refractivity contribution < 1.29 is 8.78 Å². The molecule has 7 heteroatoms. The van der Waals surface area contributed by atoms with E-state index in [9.17, 15) is 13.6 Å². The highest BCUT2D eigenvalue weighted by molar-refractivity contribution is 5.97. The molecule has 0 unspecified atom stereocenters. The van der Waals surface area contributed by atoms with Crippen molar-refractivity contribution in [3.8, 4) is 22.4 Å². The number of hydrogen-bond acceptors (Lipinski definition) is 3. The number of anilines is 1. The van der Waals surface area contributed by atoms with Crippen LogP contribution in [-0.2, 0) is 0 Å². The molecule has 0 aliphatic carbocycles. The number of hydrogen-bond donors (Lipinski definition) is 3. The van der Waals surface area contributed by atoms with Crippen LogP contribution in [0, 0.1) is 11.6 Å². The summed E-state index contributed by atoms with van der Waals surface area (Å²) in [7, 11) is 0. The lowest BCUT2D eigenvalue weighted by Gasteiger charge is -2.10. The number of aromatic nitrogens is 3. The normalized spacial score (nSPS) is 11.3. The van der Waals surface area contributed by atoms with Gasteiger partial charge in [-0.3, -0.25) is 9.78 Å². The Morgan fingerprint density at radius 2 is 1.82 bits per heavy atom. The molecule has 0 bridgehead atoms. The van der Waals surface area contributed by atoms with Crippen molar-refractivity contribution in [1.29, 1.82) is 0 Å². The standard InChI is InChI=1S/C21H18F2N4O/c1-11(2)25-21-26-18(9-19(28)27-21)14-10-24-17-7-6-12(8-13(14)17)20-15(22)4-3-5-16(20)23/h3-11,24H,1-2H3,(H2,25,26,27,28). The lowest BCUT2D eigenvalue weighted by Crippen LogP contribution is -2.17. The Kier molecular flexibility index (Phi) is 4.43. The van der Waals surface area contributed by atoms with E-state index in [1.54, 1.807) is 24.4 Å². The third-order valence-electron chi connectivity index (χ3n) is 4.38. The highest BCUT2D eigenvalue weighted by atomic mass is 19.1. The lowest BCUT2D eigenvalue weighted by atomic mass is 10.0. The van der Waals surface area contributed by atoms with E-state index in [0.29, 0.717) is 28.2 Å². The first-order valence-corrected chi connectivity index (χ1v) is 8.86. The highest BCUT2D eigenvalue weighted by Crippen LogP contribution is 2.33. The van der Waals surface area contributed by atoms with Gasteiger partial charge in [0.2, 0.25) is 5.95 Å². The van der Waals surface area contributed by atoms with Crippen molar-refractivity contribution >= 4 is 16.9 Å². The Labute approximate surface area is 159 Å². The summed E-state index contributed by atoms with van der Waals surface area (Å²) in [5.41, 5.74) is 1.94. The van der Waals surface area contributed by atoms with Gasteiger partial charge in [-0.2, -0.15) is 0 Å². The summed E-state index contributed by atoms with van der Waals surface area (Å²) in [6.45, 7) is 3.88. The van der Waals surface area contributed by atoms with Gasteiger partial charge in [-0.25, -0.2) is 13.8 Å². The van der Waals surface area contributed by atoms with E-state index in [-0.39, 0.29) is 17.2 Å². The molecule has 2 aromatic heterocycles. The van der Waals surface area contributed by atoms with Crippen LogP contribution in [0.4, 0.5) is 14.7 Å². The number of H-pyrrole nitrogens is 2. The summed E-state index contributed by atoms with van der Waals surface area (Å²) >= 11 is 0. The van der Waals surface area contributed by atoms with E-state index in [0.717, 1.165) is 5.52 Å². The predicted molar refractivity (Wildman–Crippen MR) is 106 cm³/mol. The molecule has 3 N–H and O–H groups in total. The van der Waals surface area contributed by atoms with Gasteiger partial charge >= 0.3 is 0 Å². The molecule has 2 aromatic carbocycles. The zero-order valence-electron chi connectivity index (χ0n) is 15.3. The van der Waals surface area contributed by atoms with Gasteiger partial charge in [-0.15, -0.1) is 0 Å². The van der Waals surface area contributed by atoms with Crippen LogP contribution in [0.2, 0.25) is 0 Å². The fourth-order valence-electron chi connectivity index (χ4n) is 3.20. The minimum Gasteiger partial charge on any atom is -0.360 e. The Morgan fingerprint density at radius 3 is 2.54 bits per heavy atom. The van der Waals surface area contributed by atoms with Gasteiger partial charge in [0.1, 0.15) is 11.6 Å². The number of halogens is 2. The second-order valence-corrected chi connectivity index (χ2v) is 6.84. The quantitative estimate of drug-likeness (QED) is 0.481. The Balaban J connectivity index is 1.88. The summed E-state index contributed by atoms with van der Waals surface area (Å²) < 4.78 is 28.4.